The predicted molar refractivity (Wildman–Crippen MR) is 80.7 cm³/mol. The Hall–Kier alpha value is -2.48. The number of amides is 1. The Kier molecular flexibility index (Phi) is 3.53. The maximum absolute atomic E-state index is 13.2. The quantitative estimate of drug-likeness (QED) is 0.925. The largest absolute Gasteiger partial charge is 0.334 e. The van der Waals surface area contributed by atoms with E-state index in [4.69, 9.17) is 0 Å². The van der Waals surface area contributed by atoms with E-state index in [0.29, 0.717) is 35.0 Å². The van der Waals surface area contributed by atoms with Crippen LogP contribution in [0.3, 0.4) is 0 Å². The van der Waals surface area contributed by atoms with E-state index >= 15 is 0 Å². The molecule has 1 fully saturated rings. The molecule has 112 valence electrons. The molecule has 4 nitrogen and oxygen atoms in total. The van der Waals surface area contributed by atoms with Gasteiger partial charge in [0, 0.05) is 11.5 Å². The summed E-state index contributed by atoms with van der Waals surface area (Å²) in [5.74, 6) is -0.648. The van der Waals surface area contributed by atoms with Crippen LogP contribution >= 0.6 is 0 Å². The van der Waals surface area contributed by atoms with Crippen molar-refractivity contribution in [3.8, 4) is 6.07 Å². The Morgan fingerprint density at radius 1 is 1.36 bits per heavy atom. The zero-order valence-electron chi connectivity index (χ0n) is 12.3. The number of carbonyl (C=O) groups excluding carboxylic acids is 1. The van der Waals surface area contributed by atoms with Crippen LogP contribution in [0, 0.1) is 24.1 Å². The summed E-state index contributed by atoms with van der Waals surface area (Å²) in [5.41, 5.74) is 0.716. The number of aryl methyl sites for hydroxylation is 1. The highest BCUT2D eigenvalue weighted by Gasteiger charge is 2.35. The van der Waals surface area contributed by atoms with Crippen LogP contribution in [0.2, 0.25) is 0 Å². The summed E-state index contributed by atoms with van der Waals surface area (Å²) in [6, 6.07) is 8.23. The van der Waals surface area contributed by atoms with E-state index in [1.54, 1.807) is 19.1 Å². The number of nitriles is 1. The highest BCUT2D eigenvalue weighted by molar-refractivity contribution is 5.99. The van der Waals surface area contributed by atoms with Crippen molar-refractivity contribution < 1.29 is 9.18 Å². The Labute approximate surface area is 128 Å². The van der Waals surface area contributed by atoms with Crippen molar-refractivity contribution >= 4 is 16.8 Å². The van der Waals surface area contributed by atoms with Gasteiger partial charge in [-0.05, 0) is 50.8 Å². The lowest BCUT2D eigenvalue weighted by atomic mass is 9.98. The molecule has 1 amide bonds. The smallest absolute Gasteiger partial charge is 0.254 e. The zero-order chi connectivity index (χ0) is 15.7. The van der Waals surface area contributed by atoms with Gasteiger partial charge in [0.2, 0.25) is 0 Å². The Balaban J connectivity index is 1.95. The first-order chi connectivity index (χ1) is 10.5. The molecule has 1 heterocycles. The molecule has 0 spiro atoms. The molecule has 1 aromatic heterocycles. The van der Waals surface area contributed by atoms with Gasteiger partial charge in [-0.3, -0.25) is 9.78 Å². The molecule has 5 heteroatoms. The van der Waals surface area contributed by atoms with Gasteiger partial charge in [-0.1, -0.05) is 0 Å². The van der Waals surface area contributed by atoms with Crippen LogP contribution in [0.15, 0.2) is 24.3 Å². The van der Waals surface area contributed by atoms with E-state index in [1.165, 1.54) is 12.1 Å². The maximum atomic E-state index is 13.2. The van der Waals surface area contributed by atoms with Crippen molar-refractivity contribution in [3.05, 3.63) is 41.3 Å². The molecule has 2 aromatic rings. The van der Waals surface area contributed by atoms with Gasteiger partial charge in [-0.2, -0.15) is 5.26 Å². The third kappa shape index (κ3) is 2.52. The van der Waals surface area contributed by atoms with Crippen LogP contribution in [-0.4, -0.2) is 16.4 Å². The first-order valence-corrected chi connectivity index (χ1v) is 7.34. The fourth-order valence-corrected chi connectivity index (χ4v) is 2.99. The van der Waals surface area contributed by atoms with Gasteiger partial charge >= 0.3 is 0 Å². The second kappa shape index (κ2) is 5.38. The summed E-state index contributed by atoms with van der Waals surface area (Å²) in [4.78, 5) is 16.8. The zero-order valence-corrected chi connectivity index (χ0v) is 12.3. The number of hydrogen-bond donors (Lipinski definition) is 1. The number of aromatic nitrogens is 1. The Bertz CT molecular complexity index is 788. The fourth-order valence-electron chi connectivity index (χ4n) is 2.99. The molecule has 0 aliphatic heterocycles. The molecule has 0 atom stereocenters. The summed E-state index contributed by atoms with van der Waals surface area (Å²) in [6.45, 7) is 1.72. The summed E-state index contributed by atoms with van der Waals surface area (Å²) < 4.78 is 13.2. The van der Waals surface area contributed by atoms with Gasteiger partial charge in [0.1, 0.15) is 11.4 Å². The predicted octanol–water partition coefficient (Wildman–Crippen LogP) is 3.25. The minimum atomic E-state index is -0.763. The average Bonchev–Trinajstić information content (AvgIpc) is 2.95. The van der Waals surface area contributed by atoms with Crippen LogP contribution in [0.4, 0.5) is 4.39 Å². The number of halogens is 1. The summed E-state index contributed by atoms with van der Waals surface area (Å²) in [7, 11) is 0. The molecule has 3 rings (SSSR count). The van der Waals surface area contributed by atoms with Crippen molar-refractivity contribution in [2.24, 2.45) is 0 Å². The van der Waals surface area contributed by atoms with Gasteiger partial charge in [0.05, 0.1) is 22.8 Å². The number of hydrogen-bond acceptors (Lipinski definition) is 3. The van der Waals surface area contributed by atoms with Crippen LogP contribution in [-0.2, 0) is 0 Å². The molecule has 1 aliphatic rings. The van der Waals surface area contributed by atoms with Gasteiger partial charge < -0.3 is 5.32 Å². The lowest BCUT2D eigenvalue weighted by Crippen LogP contribution is -2.45. The highest BCUT2D eigenvalue weighted by atomic mass is 19.1. The summed E-state index contributed by atoms with van der Waals surface area (Å²) in [5, 5.41) is 12.9. The van der Waals surface area contributed by atoms with Crippen LogP contribution < -0.4 is 5.32 Å². The topological polar surface area (TPSA) is 65.8 Å². The van der Waals surface area contributed by atoms with E-state index in [-0.39, 0.29) is 11.7 Å². The van der Waals surface area contributed by atoms with Gasteiger partial charge in [0.25, 0.3) is 5.91 Å². The van der Waals surface area contributed by atoms with Crippen molar-refractivity contribution in [3.63, 3.8) is 0 Å². The molecule has 1 aromatic carbocycles. The van der Waals surface area contributed by atoms with E-state index in [9.17, 15) is 14.4 Å². The highest BCUT2D eigenvalue weighted by Crippen LogP contribution is 2.29. The van der Waals surface area contributed by atoms with Crippen LogP contribution in [0.25, 0.3) is 10.9 Å². The first kappa shape index (κ1) is 14.5. The van der Waals surface area contributed by atoms with E-state index in [2.05, 4.69) is 16.4 Å². The Morgan fingerprint density at radius 2 is 2.09 bits per heavy atom. The monoisotopic (exact) mass is 297 g/mol. The van der Waals surface area contributed by atoms with E-state index in [0.717, 1.165) is 12.8 Å². The molecule has 1 N–H and O–H groups in total. The van der Waals surface area contributed by atoms with Crippen LogP contribution in [0.1, 0.15) is 41.7 Å². The first-order valence-electron chi connectivity index (χ1n) is 7.34. The number of nitrogens with zero attached hydrogens (tertiary/aromatic N) is 2. The molecule has 0 unspecified atom stereocenters. The lowest BCUT2D eigenvalue weighted by Gasteiger charge is -2.22. The third-order valence-corrected chi connectivity index (χ3v) is 4.24. The number of benzene rings is 1. The van der Waals surface area contributed by atoms with E-state index < -0.39 is 5.54 Å². The average molecular weight is 297 g/mol. The normalized spacial score (nSPS) is 16.4. The number of pyridine rings is 1. The van der Waals surface area contributed by atoms with Crippen LogP contribution in [0.5, 0.6) is 0 Å². The van der Waals surface area contributed by atoms with Crippen molar-refractivity contribution in [2.45, 2.75) is 38.1 Å². The van der Waals surface area contributed by atoms with Crippen molar-refractivity contribution in [2.75, 3.05) is 0 Å². The maximum Gasteiger partial charge on any atom is 0.254 e. The minimum absolute atomic E-state index is 0.292. The molecule has 0 bridgehead atoms. The molecule has 0 saturated heterocycles. The fraction of sp³-hybridized carbons (Fsp3) is 0.353. The van der Waals surface area contributed by atoms with Crippen molar-refractivity contribution in [1.82, 2.24) is 10.3 Å². The number of fused-ring (bicyclic) bond motifs is 1. The second-order valence-corrected chi connectivity index (χ2v) is 5.81. The van der Waals surface area contributed by atoms with Crippen molar-refractivity contribution in [1.29, 1.82) is 5.26 Å². The number of nitrogens with one attached hydrogen (secondary N) is 1. The molecule has 1 aliphatic carbocycles. The summed E-state index contributed by atoms with van der Waals surface area (Å²) in [6.07, 6.45) is 3.26. The third-order valence-electron chi connectivity index (χ3n) is 4.24. The Morgan fingerprint density at radius 3 is 2.77 bits per heavy atom. The molecule has 0 radical (unpaired) electrons. The molecular weight excluding hydrogens is 281 g/mol. The SMILES string of the molecule is Cc1nc2cc(F)ccc2cc1C(=O)NC1(C#N)CCCC1. The minimum Gasteiger partial charge on any atom is -0.334 e. The molecule has 1 saturated carbocycles. The van der Waals surface area contributed by atoms with Gasteiger partial charge in [-0.25, -0.2) is 4.39 Å². The van der Waals surface area contributed by atoms with Gasteiger partial charge in [-0.15, -0.1) is 0 Å². The summed E-state index contributed by atoms with van der Waals surface area (Å²) >= 11 is 0. The van der Waals surface area contributed by atoms with Gasteiger partial charge in [0.15, 0.2) is 0 Å². The standard InChI is InChI=1S/C17H16FN3O/c1-11-14(8-12-4-5-13(18)9-15(12)20-11)16(22)21-17(10-19)6-2-3-7-17/h4-5,8-9H,2-3,6-7H2,1H3,(H,21,22). The second-order valence-electron chi connectivity index (χ2n) is 5.81. The number of rotatable bonds is 2. The lowest BCUT2D eigenvalue weighted by molar-refractivity contribution is 0.0920. The van der Waals surface area contributed by atoms with E-state index in [1.807, 2.05) is 0 Å². The molecule has 22 heavy (non-hydrogen) atoms. The molecular formula is C17H16FN3O. The number of carbonyl (C=O) groups is 1.